The van der Waals surface area contributed by atoms with Crippen LogP contribution in [0, 0.1) is 0 Å². The van der Waals surface area contributed by atoms with Crippen LogP contribution in [-0.4, -0.2) is 0 Å². The van der Waals surface area contributed by atoms with Crippen molar-refractivity contribution in [3.63, 3.8) is 0 Å². The van der Waals surface area contributed by atoms with E-state index in [4.69, 9.17) is 4.42 Å². The predicted molar refractivity (Wildman–Crippen MR) is 248 cm³/mol. The smallest absolute Gasteiger partial charge is 0.136 e. The Kier molecular flexibility index (Phi) is 8.20. The average Bonchev–Trinajstić information content (AvgIpc) is 3.78. The van der Waals surface area contributed by atoms with Crippen LogP contribution in [0.15, 0.2) is 217 Å². The number of furan rings is 1. The molecule has 0 bridgehead atoms. The highest BCUT2D eigenvalue weighted by Crippen LogP contribution is 2.51. The van der Waals surface area contributed by atoms with E-state index in [1.807, 2.05) is 12.1 Å². The molecule has 0 N–H and O–H groups in total. The number of anilines is 3. The summed E-state index contributed by atoms with van der Waals surface area (Å²) in [7, 11) is 0. The second-order valence-corrected chi connectivity index (χ2v) is 16.1. The molecule has 0 fully saturated rings. The molecule has 1 aromatic heterocycles. The normalized spacial score (nSPS) is 12.7. The molecule has 1 heterocycles. The molecule has 0 unspecified atom stereocenters. The van der Waals surface area contributed by atoms with E-state index in [9.17, 15) is 0 Å². The van der Waals surface area contributed by atoms with Crippen LogP contribution in [0.5, 0.6) is 0 Å². The van der Waals surface area contributed by atoms with Gasteiger partial charge in [-0.1, -0.05) is 166 Å². The molecule has 0 radical (unpaired) electrons. The SMILES string of the molecule is CC1(C)c2ccccc2-c2ccc(N(c3ccc(-c4ccccc4)cc3)c3cccc(-c4cc(-c5ccc6c(c5)oc5ccccc56)ccc4-c4ccccc4)c3)cc21. The third kappa shape index (κ3) is 5.96. The molecule has 1 aliphatic rings. The lowest BCUT2D eigenvalue weighted by Gasteiger charge is -2.29. The fraction of sp³-hybridized carbons (Fsp3) is 0.0526. The van der Waals surface area contributed by atoms with Gasteiger partial charge in [0, 0.05) is 33.2 Å². The maximum atomic E-state index is 6.33. The van der Waals surface area contributed by atoms with Gasteiger partial charge in [-0.05, 0) is 127 Å². The van der Waals surface area contributed by atoms with E-state index in [0.717, 1.165) is 55.7 Å². The standard InChI is InChI=1S/C57H41NO/c1-57(2)53-22-11-9-20-48(53)49-33-30-46(37-54(49)57)58(44-28-24-39(25-29-44)38-14-5-3-6-15-38)45-19-13-18-43(34-45)52-35-41(26-31-47(52)40-16-7-4-8-17-40)42-27-32-51-50-21-10-12-23-55(50)59-56(51)36-42/h3-37H,1-2H3. The minimum Gasteiger partial charge on any atom is -0.456 e. The molecule has 0 saturated heterocycles. The summed E-state index contributed by atoms with van der Waals surface area (Å²) in [6.07, 6.45) is 0. The Balaban J connectivity index is 1.07. The molecule has 0 aliphatic heterocycles. The highest BCUT2D eigenvalue weighted by molar-refractivity contribution is 6.06. The Labute approximate surface area is 345 Å². The first-order valence-corrected chi connectivity index (χ1v) is 20.4. The number of hydrogen-bond acceptors (Lipinski definition) is 2. The third-order valence-corrected chi connectivity index (χ3v) is 12.3. The molecule has 11 rings (SSSR count). The first kappa shape index (κ1) is 34.8. The van der Waals surface area contributed by atoms with Gasteiger partial charge in [0.15, 0.2) is 0 Å². The molecule has 0 amide bonds. The molecule has 0 spiro atoms. The molecule has 0 atom stereocenters. The Hall–Kier alpha value is -7.42. The summed E-state index contributed by atoms with van der Waals surface area (Å²) in [6, 6.07) is 77.0. The summed E-state index contributed by atoms with van der Waals surface area (Å²) in [5, 5.41) is 2.27. The van der Waals surface area contributed by atoms with Crippen molar-refractivity contribution >= 4 is 39.0 Å². The van der Waals surface area contributed by atoms with Crippen molar-refractivity contribution in [1.82, 2.24) is 0 Å². The Morgan fingerprint density at radius 3 is 1.73 bits per heavy atom. The van der Waals surface area contributed by atoms with Crippen molar-refractivity contribution in [3.05, 3.63) is 223 Å². The van der Waals surface area contributed by atoms with Gasteiger partial charge in [-0.15, -0.1) is 0 Å². The van der Waals surface area contributed by atoms with Gasteiger partial charge in [0.2, 0.25) is 0 Å². The number of benzene rings is 9. The molecule has 1 aliphatic carbocycles. The Morgan fingerprint density at radius 2 is 0.898 bits per heavy atom. The van der Waals surface area contributed by atoms with E-state index in [1.165, 1.54) is 50.1 Å². The van der Waals surface area contributed by atoms with Crippen molar-refractivity contribution in [1.29, 1.82) is 0 Å². The van der Waals surface area contributed by atoms with E-state index >= 15 is 0 Å². The van der Waals surface area contributed by atoms with E-state index in [-0.39, 0.29) is 5.41 Å². The first-order valence-electron chi connectivity index (χ1n) is 20.4. The lowest BCUT2D eigenvalue weighted by atomic mass is 9.82. The monoisotopic (exact) mass is 755 g/mol. The van der Waals surface area contributed by atoms with Gasteiger partial charge in [-0.3, -0.25) is 0 Å². The number of hydrogen-bond donors (Lipinski definition) is 0. The maximum Gasteiger partial charge on any atom is 0.136 e. The van der Waals surface area contributed by atoms with Crippen LogP contribution in [0.25, 0.3) is 77.6 Å². The van der Waals surface area contributed by atoms with Crippen molar-refractivity contribution in [2.45, 2.75) is 19.3 Å². The Bertz CT molecular complexity index is 3170. The molecular formula is C57H41NO. The second-order valence-electron chi connectivity index (χ2n) is 16.1. The van der Waals surface area contributed by atoms with E-state index in [2.05, 4.69) is 219 Å². The minimum atomic E-state index is -0.122. The summed E-state index contributed by atoms with van der Waals surface area (Å²) >= 11 is 0. The zero-order valence-corrected chi connectivity index (χ0v) is 33.1. The molecule has 10 aromatic rings. The third-order valence-electron chi connectivity index (χ3n) is 12.3. The van der Waals surface area contributed by atoms with Crippen molar-refractivity contribution < 1.29 is 4.42 Å². The lowest BCUT2D eigenvalue weighted by molar-refractivity contribution is 0.660. The highest BCUT2D eigenvalue weighted by atomic mass is 16.3. The van der Waals surface area contributed by atoms with Gasteiger partial charge in [0.1, 0.15) is 11.2 Å². The van der Waals surface area contributed by atoms with E-state index in [0.29, 0.717) is 0 Å². The second kappa shape index (κ2) is 13.9. The number of fused-ring (bicyclic) bond motifs is 6. The summed E-state index contributed by atoms with van der Waals surface area (Å²) in [4.78, 5) is 2.42. The predicted octanol–water partition coefficient (Wildman–Crippen LogP) is 16.0. The molecule has 280 valence electrons. The lowest BCUT2D eigenvalue weighted by Crippen LogP contribution is -2.16. The number of nitrogens with zero attached hydrogens (tertiary/aromatic N) is 1. The van der Waals surface area contributed by atoms with Crippen LogP contribution in [0.2, 0.25) is 0 Å². The van der Waals surface area contributed by atoms with Crippen LogP contribution in [-0.2, 0) is 5.41 Å². The fourth-order valence-corrected chi connectivity index (χ4v) is 9.26. The number of para-hydroxylation sites is 1. The zero-order valence-electron chi connectivity index (χ0n) is 33.1. The quantitative estimate of drug-likeness (QED) is 0.161. The van der Waals surface area contributed by atoms with Crippen LogP contribution in [0.3, 0.4) is 0 Å². The fourth-order valence-electron chi connectivity index (χ4n) is 9.26. The van der Waals surface area contributed by atoms with Crippen LogP contribution in [0.4, 0.5) is 17.1 Å². The van der Waals surface area contributed by atoms with Gasteiger partial charge in [0.25, 0.3) is 0 Å². The van der Waals surface area contributed by atoms with Gasteiger partial charge in [-0.25, -0.2) is 0 Å². The van der Waals surface area contributed by atoms with Crippen molar-refractivity contribution in [3.8, 4) is 55.6 Å². The molecule has 0 saturated carbocycles. The van der Waals surface area contributed by atoms with Crippen LogP contribution in [0.1, 0.15) is 25.0 Å². The summed E-state index contributed by atoms with van der Waals surface area (Å²) in [6.45, 7) is 4.70. The Morgan fingerprint density at radius 1 is 0.322 bits per heavy atom. The molecule has 9 aromatic carbocycles. The largest absolute Gasteiger partial charge is 0.456 e. The topological polar surface area (TPSA) is 16.4 Å². The summed E-state index contributed by atoms with van der Waals surface area (Å²) in [5.41, 5.74) is 19.7. The first-order chi connectivity index (χ1) is 29.0. The minimum absolute atomic E-state index is 0.122. The van der Waals surface area contributed by atoms with Crippen LogP contribution >= 0.6 is 0 Å². The van der Waals surface area contributed by atoms with Gasteiger partial charge < -0.3 is 9.32 Å². The van der Waals surface area contributed by atoms with Gasteiger partial charge >= 0.3 is 0 Å². The molecule has 2 heteroatoms. The maximum absolute atomic E-state index is 6.33. The van der Waals surface area contributed by atoms with Crippen LogP contribution < -0.4 is 4.90 Å². The summed E-state index contributed by atoms with van der Waals surface area (Å²) in [5.74, 6) is 0. The van der Waals surface area contributed by atoms with E-state index in [1.54, 1.807) is 0 Å². The van der Waals surface area contributed by atoms with Crippen molar-refractivity contribution in [2.24, 2.45) is 0 Å². The highest BCUT2D eigenvalue weighted by Gasteiger charge is 2.35. The van der Waals surface area contributed by atoms with Gasteiger partial charge in [-0.2, -0.15) is 0 Å². The average molecular weight is 756 g/mol. The zero-order chi connectivity index (χ0) is 39.5. The van der Waals surface area contributed by atoms with Crippen molar-refractivity contribution in [2.75, 3.05) is 4.90 Å². The van der Waals surface area contributed by atoms with Gasteiger partial charge in [0.05, 0.1) is 0 Å². The molecule has 2 nitrogen and oxygen atoms in total. The molecule has 59 heavy (non-hydrogen) atoms. The molecular weight excluding hydrogens is 715 g/mol. The van der Waals surface area contributed by atoms with E-state index < -0.39 is 0 Å². The summed E-state index contributed by atoms with van der Waals surface area (Å²) < 4.78 is 6.33. The number of rotatable bonds is 7.